The van der Waals surface area contributed by atoms with Crippen molar-refractivity contribution in [3.8, 4) is 5.75 Å². The Balaban J connectivity index is 1.43. The van der Waals surface area contributed by atoms with E-state index in [-0.39, 0.29) is 42.1 Å². The van der Waals surface area contributed by atoms with Crippen molar-refractivity contribution in [1.29, 1.82) is 0 Å². The number of aromatic nitrogens is 1. The van der Waals surface area contributed by atoms with E-state index in [1.54, 1.807) is 4.90 Å². The highest BCUT2D eigenvalue weighted by Crippen LogP contribution is 2.41. The number of ether oxygens (including phenoxy) is 1. The fraction of sp³-hybridized carbons (Fsp3) is 0.409. The van der Waals surface area contributed by atoms with Gasteiger partial charge in [-0.25, -0.2) is 8.78 Å². The van der Waals surface area contributed by atoms with Gasteiger partial charge in [0.1, 0.15) is 17.2 Å². The molecule has 2 aliphatic heterocycles. The largest absolute Gasteiger partial charge is 0.503 e. The van der Waals surface area contributed by atoms with Crippen molar-refractivity contribution in [1.82, 2.24) is 14.8 Å². The van der Waals surface area contributed by atoms with Crippen LogP contribution >= 0.6 is 0 Å². The zero-order valence-corrected chi connectivity index (χ0v) is 17.2. The topological polar surface area (TPSA) is 101 Å². The van der Waals surface area contributed by atoms with Gasteiger partial charge in [-0.05, 0) is 24.8 Å². The summed E-state index contributed by atoms with van der Waals surface area (Å²) >= 11 is 0. The predicted octanol–water partition coefficient (Wildman–Crippen LogP) is 1.74. The number of aromatic hydroxyl groups is 1. The fourth-order valence-electron chi connectivity index (χ4n) is 4.93. The second-order valence-corrected chi connectivity index (χ2v) is 8.58. The number of nitrogens with zero attached hydrogens (tertiary/aromatic N) is 2. The van der Waals surface area contributed by atoms with Crippen LogP contribution in [0.5, 0.6) is 5.75 Å². The van der Waals surface area contributed by atoms with Crippen LogP contribution in [0.15, 0.2) is 29.2 Å². The van der Waals surface area contributed by atoms with Crippen molar-refractivity contribution in [2.45, 2.75) is 51.2 Å². The van der Waals surface area contributed by atoms with Gasteiger partial charge in [-0.15, -0.1) is 0 Å². The van der Waals surface area contributed by atoms with Crippen molar-refractivity contribution in [3.05, 3.63) is 63.1 Å². The first-order valence-corrected chi connectivity index (χ1v) is 10.4. The third-order valence-corrected chi connectivity index (χ3v) is 6.56. The molecule has 3 aliphatic rings. The third kappa shape index (κ3) is 3.17. The average molecular weight is 445 g/mol. The quantitative estimate of drug-likeness (QED) is 0.750. The van der Waals surface area contributed by atoms with E-state index in [0.717, 1.165) is 18.9 Å². The molecule has 2 N–H and O–H groups in total. The summed E-state index contributed by atoms with van der Waals surface area (Å²) in [5.74, 6) is -3.45. The van der Waals surface area contributed by atoms with Crippen LogP contribution in [0, 0.1) is 17.6 Å². The van der Waals surface area contributed by atoms with Crippen LogP contribution in [0.3, 0.4) is 0 Å². The van der Waals surface area contributed by atoms with Gasteiger partial charge in [-0.2, -0.15) is 0 Å². The second kappa shape index (κ2) is 7.40. The number of rotatable bonds is 3. The summed E-state index contributed by atoms with van der Waals surface area (Å²) in [4.78, 5) is 40.0. The Morgan fingerprint density at radius 2 is 2.06 bits per heavy atom. The van der Waals surface area contributed by atoms with Crippen molar-refractivity contribution in [2.24, 2.45) is 5.92 Å². The third-order valence-electron chi connectivity index (χ3n) is 6.56. The van der Waals surface area contributed by atoms with Gasteiger partial charge in [0, 0.05) is 30.4 Å². The molecule has 168 valence electrons. The van der Waals surface area contributed by atoms with E-state index >= 15 is 0 Å². The van der Waals surface area contributed by atoms with Gasteiger partial charge in [-0.3, -0.25) is 14.4 Å². The summed E-state index contributed by atoms with van der Waals surface area (Å²) in [6.07, 6.45) is 2.21. The molecule has 1 unspecified atom stereocenters. The van der Waals surface area contributed by atoms with Gasteiger partial charge in [0.15, 0.2) is 17.7 Å². The van der Waals surface area contributed by atoms with E-state index < -0.39 is 40.9 Å². The van der Waals surface area contributed by atoms with Crippen LogP contribution in [-0.4, -0.2) is 44.8 Å². The van der Waals surface area contributed by atoms with Crippen LogP contribution in [-0.2, 0) is 17.8 Å². The fourth-order valence-corrected chi connectivity index (χ4v) is 4.93. The highest BCUT2D eigenvalue weighted by molar-refractivity contribution is 5.99. The maximum absolute atomic E-state index is 13.8. The molecule has 1 aliphatic carbocycles. The highest BCUT2D eigenvalue weighted by Gasteiger charge is 2.50. The lowest BCUT2D eigenvalue weighted by molar-refractivity contribution is -0.138. The molecule has 2 bridgehead atoms. The number of halogens is 2. The number of hydrogen-bond donors (Lipinski definition) is 2. The Labute approximate surface area is 181 Å². The first-order chi connectivity index (χ1) is 15.2. The van der Waals surface area contributed by atoms with E-state index in [9.17, 15) is 28.3 Å². The number of carbonyl (C=O) groups excluding carboxylic acids is 2. The SMILES string of the molecule is CC1C[C@H]2C[C@@H]1O[C@H]1Cn3cc(C(=O)NCc4ccc(F)cc4F)c(=O)c(O)c3C(=O)N21. The maximum Gasteiger partial charge on any atom is 0.276 e. The Hall–Kier alpha value is -3.27. The number of carbonyl (C=O) groups is 2. The molecule has 8 nitrogen and oxygen atoms in total. The van der Waals surface area contributed by atoms with Gasteiger partial charge >= 0.3 is 0 Å². The van der Waals surface area contributed by atoms with Gasteiger partial charge in [0.2, 0.25) is 5.43 Å². The van der Waals surface area contributed by atoms with Crippen LogP contribution in [0.1, 0.15) is 46.2 Å². The number of nitrogens with one attached hydrogen (secondary N) is 1. The van der Waals surface area contributed by atoms with Crippen molar-refractivity contribution in [3.63, 3.8) is 0 Å². The normalized spacial score (nSPS) is 26.0. The molecule has 2 fully saturated rings. The molecule has 2 amide bonds. The smallest absolute Gasteiger partial charge is 0.276 e. The van der Waals surface area contributed by atoms with Crippen LogP contribution in [0.25, 0.3) is 0 Å². The molecule has 0 radical (unpaired) electrons. The van der Waals surface area contributed by atoms with E-state index in [1.807, 2.05) is 0 Å². The minimum absolute atomic E-state index is 0.0157. The predicted molar refractivity (Wildman–Crippen MR) is 107 cm³/mol. The molecule has 10 heteroatoms. The maximum atomic E-state index is 13.8. The monoisotopic (exact) mass is 445 g/mol. The standard InChI is InChI=1S/C22H21F2N3O5/c1-10-4-13-6-16(10)32-17-9-26-8-14(19(28)20(29)18(26)22(31)27(13)17)21(30)25-7-11-2-3-12(23)5-15(11)24/h2-3,5,8,10,13,16-17,29H,4,6-7,9H2,1H3,(H,25,30)/t10?,13-,16-,17-/m0/s1. The van der Waals surface area contributed by atoms with E-state index in [4.69, 9.17) is 4.74 Å². The summed E-state index contributed by atoms with van der Waals surface area (Å²) in [5, 5.41) is 12.9. The number of benzene rings is 1. The number of pyridine rings is 1. The molecular formula is C22H21F2N3O5. The van der Waals surface area contributed by atoms with Gasteiger partial charge in [-0.1, -0.05) is 13.0 Å². The number of hydrogen-bond acceptors (Lipinski definition) is 5. The van der Waals surface area contributed by atoms with Crippen LogP contribution < -0.4 is 10.7 Å². The summed E-state index contributed by atoms with van der Waals surface area (Å²) in [7, 11) is 0. The second-order valence-electron chi connectivity index (χ2n) is 8.58. The molecule has 5 rings (SSSR count). The summed E-state index contributed by atoms with van der Waals surface area (Å²) < 4.78 is 34.3. The summed E-state index contributed by atoms with van der Waals surface area (Å²) in [6.45, 7) is 1.95. The van der Waals surface area contributed by atoms with Crippen molar-refractivity contribution in [2.75, 3.05) is 0 Å². The number of fused-ring (bicyclic) bond motifs is 5. The van der Waals surface area contributed by atoms with E-state index in [0.29, 0.717) is 12.0 Å². The van der Waals surface area contributed by atoms with Crippen LogP contribution in [0.2, 0.25) is 0 Å². The summed E-state index contributed by atoms with van der Waals surface area (Å²) in [6, 6.07) is 2.92. The Kier molecular flexibility index (Phi) is 4.77. The van der Waals surface area contributed by atoms with Crippen molar-refractivity contribution < 1.29 is 28.2 Å². The van der Waals surface area contributed by atoms with Gasteiger partial charge in [0.05, 0.1) is 12.6 Å². The lowest BCUT2D eigenvalue weighted by atomic mass is 10.1. The minimum atomic E-state index is -0.990. The van der Waals surface area contributed by atoms with E-state index in [2.05, 4.69) is 12.2 Å². The average Bonchev–Trinajstić information content (AvgIpc) is 3.03. The highest BCUT2D eigenvalue weighted by atomic mass is 19.1. The first-order valence-electron chi connectivity index (χ1n) is 10.4. The van der Waals surface area contributed by atoms with Gasteiger partial charge < -0.3 is 24.6 Å². The molecule has 4 atom stereocenters. The number of amides is 2. The van der Waals surface area contributed by atoms with Crippen LogP contribution in [0.4, 0.5) is 8.78 Å². The van der Waals surface area contributed by atoms with Crippen molar-refractivity contribution >= 4 is 11.8 Å². The minimum Gasteiger partial charge on any atom is -0.503 e. The molecule has 1 aromatic heterocycles. The zero-order valence-electron chi connectivity index (χ0n) is 17.2. The molecule has 1 aromatic carbocycles. The molecule has 0 spiro atoms. The zero-order chi connectivity index (χ0) is 22.7. The molecule has 32 heavy (non-hydrogen) atoms. The van der Waals surface area contributed by atoms with Gasteiger partial charge in [0.25, 0.3) is 11.8 Å². The Morgan fingerprint density at radius 1 is 1.28 bits per heavy atom. The molecule has 1 saturated carbocycles. The summed E-state index contributed by atoms with van der Waals surface area (Å²) in [5.41, 5.74) is -1.51. The Morgan fingerprint density at radius 3 is 2.81 bits per heavy atom. The molecule has 3 heterocycles. The molecule has 1 saturated heterocycles. The Bertz CT molecular complexity index is 1190. The first kappa shape index (κ1) is 20.6. The van der Waals surface area contributed by atoms with E-state index in [1.165, 1.54) is 16.8 Å². The lowest BCUT2D eigenvalue weighted by Crippen LogP contribution is -2.57. The lowest BCUT2D eigenvalue weighted by Gasteiger charge is -2.44. The molecule has 2 aromatic rings. The molecular weight excluding hydrogens is 424 g/mol.